The van der Waals surface area contributed by atoms with E-state index in [4.69, 9.17) is 4.84 Å². The van der Waals surface area contributed by atoms with Crippen LogP contribution in [0, 0.1) is 33.6 Å². The molecule has 3 aromatic carbocycles. The third-order valence-corrected chi connectivity index (χ3v) is 6.40. The van der Waals surface area contributed by atoms with E-state index in [-0.39, 0.29) is 11.8 Å². The molecule has 0 unspecified atom stereocenters. The fourth-order valence-corrected chi connectivity index (χ4v) is 5.06. The first-order valence-electron chi connectivity index (χ1n) is 10.9. The van der Waals surface area contributed by atoms with E-state index in [0.717, 1.165) is 33.5 Å². The number of aryl methyl sites for hydroxylation is 4. The van der Waals surface area contributed by atoms with E-state index in [1.165, 1.54) is 4.90 Å². The summed E-state index contributed by atoms with van der Waals surface area (Å²) in [5, 5.41) is 1.74. The Labute approximate surface area is 188 Å². The van der Waals surface area contributed by atoms with Crippen molar-refractivity contribution in [1.29, 1.82) is 0 Å². The molecule has 2 fully saturated rings. The first-order valence-corrected chi connectivity index (χ1v) is 10.9. The second kappa shape index (κ2) is 7.61. The molecule has 32 heavy (non-hydrogen) atoms. The lowest BCUT2D eigenvalue weighted by Crippen LogP contribution is -2.38. The number of nitrogens with zero attached hydrogens (tertiary/aromatic N) is 2. The number of para-hydroxylation sites is 1. The van der Waals surface area contributed by atoms with Crippen LogP contribution >= 0.6 is 0 Å². The second-order valence-electron chi connectivity index (χ2n) is 8.83. The second-order valence-corrected chi connectivity index (χ2v) is 8.83. The zero-order chi connectivity index (χ0) is 22.6. The van der Waals surface area contributed by atoms with E-state index in [2.05, 4.69) is 0 Å². The highest BCUT2D eigenvalue weighted by atomic mass is 16.7. The zero-order valence-corrected chi connectivity index (χ0v) is 18.7. The smallest absolute Gasteiger partial charge is 0.266 e. The van der Waals surface area contributed by atoms with Crippen LogP contribution in [0.15, 0.2) is 66.7 Å². The third kappa shape index (κ3) is 3.12. The van der Waals surface area contributed by atoms with Gasteiger partial charge in [-0.05, 0) is 56.5 Å². The molecule has 162 valence electrons. The number of anilines is 2. The maximum atomic E-state index is 13.8. The summed E-state index contributed by atoms with van der Waals surface area (Å²) in [7, 11) is 0. The molecule has 5 rings (SSSR count). The lowest BCUT2D eigenvalue weighted by atomic mass is 9.90. The average molecular weight is 427 g/mol. The Bertz CT molecular complexity index is 1180. The Morgan fingerprint density at radius 3 is 2.00 bits per heavy atom. The summed E-state index contributed by atoms with van der Waals surface area (Å²) in [6.07, 6.45) is -0.853. The van der Waals surface area contributed by atoms with Gasteiger partial charge in [0.25, 0.3) is 5.91 Å². The first-order chi connectivity index (χ1) is 15.4. The molecule has 0 N–H and O–H groups in total. The predicted molar refractivity (Wildman–Crippen MR) is 124 cm³/mol. The van der Waals surface area contributed by atoms with Gasteiger partial charge in [-0.25, -0.2) is 9.96 Å². The molecule has 2 aliphatic rings. The van der Waals surface area contributed by atoms with Crippen LogP contribution in [0.4, 0.5) is 11.4 Å². The number of imide groups is 1. The molecule has 0 aromatic heterocycles. The Kier molecular flexibility index (Phi) is 4.86. The van der Waals surface area contributed by atoms with Gasteiger partial charge in [0.05, 0.1) is 17.4 Å². The van der Waals surface area contributed by atoms with Crippen molar-refractivity contribution < 1.29 is 14.4 Å². The van der Waals surface area contributed by atoms with Gasteiger partial charge in [0.15, 0.2) is 6.10 Å². The molecular weight excluding hydrogens is 400 g/mol. The third-order valence-electron chi connectivity index (χ3n) is 6.40. The SMILES string of the molecule is Cc1ccc([C@H]2[C@H]3C(=O)N(c4c(C)cc(C)cc4C)C(=O)[C@H]3ON2c2ccccc2)cc1. The van der Waals surface area contributed by atoms with Crippen LogP contribution in [0.1, 0.15) is 33.9 Å². The summed E-state index contributed by atoms with van der Waals surface area (Å²) >= 11 is 0. The standard InChI is InChI=1S/C27H26N2O3/c1-16-10-12-20(13-11-16)24-22-25(32-29(24)21-8-6-5-7-9-21)27(31)28(26(22)30)23-18(3)14-17(2)15-19(23)4/h5-15,22,24-25H,1-4H3/t22-,24+,25+/m1/s1. The van der Waals surface area contributed by atoms with E-state index in [1.54, 1.807) is 5.06 Å². The number of rotatable bonds is 3. The number of carbonyl (C=O) groups excluding carboxylic acids is 2. The number of benzene rings is 3. The van der Waals surface area contributed by atoms with Crippen LogP contribution in [0.5, 0.6) is 0 Å². The molecule has 2 amide bonds. The maximum Gasteiger partial charge on any atom is 0.266 e. The largest absolute Gasteiger partial charge is 0.273 e. The van der Waals surface area contributed by atoms with Gasteiger partial charge in [-0.1, -0.05) is 65.7 Å². The number of carbonyl (C=O) groups is 2. The van der Waals surface area contributed by atoms with E-state index in [9.17, 15) is 9.59 Å². The van der Waals surface area contributed by atoms with Gasteiger partial charge in [0.2, 0.25) is 5.91 Å². The summed E-state index contributed by atoms with van der Waals surface area (Å²) in [6.45, 7) is 7.93. The van der Waals surface area contributed by atoms with Gasteiger partial charge in [-0.3, -0.25) is 14.4 Å². The normalized spacial score (nSPS) is 22.6. The van der Waals surface area contributed by atoms with Gasteiger partial charge in [-0.2, -0.15) is 0 Å². The van der Waals surface area contributed by atoms with Crippen molar-refractivity contribution in [2.45, 2.75) is 39.8 Å². The van der Waals surface area contributed by atoms with E-state index >= 15 is 0 Å². The molecule has 0 aliphatic carbocycles. The molecule has 0 spiro atoms. The molecule has 3 aromatic rings. The maximum absolute atomic E-state index is 13.8. The van der Waals surface area contributed by atoms with Crippen LogP contribution in [-0.4, -0.2) is 17.9 Å². The van der Waals surface area contributed by atoms with Crippen LogP contribution in [-0.2, 0) is 14.4 Å². The summed E-state index contributed by atoms with van der Waals surface area (Å²) < 4.78 is 0. The molecule has 2 saturated heterocycles. The molecule has 2 aliphatic heterocycles. The minimum Gasteiger partial charge on any atom is -0.273 e. The van der Waals surface area contributed by atoms with Crippen LogP contribution in [0.3, 0.4) is 0 Å². The van der Waals surface area contributed by atoms with Crippen molar-refractivity contribution in [3.63, 3.8) is 0 Å². The van der Waals surface area contributed by atoms with E-state index in [1.807, 2.05) is 94.4 Å². The fourth-order valence-electron chi connectivity index (χ4n) is 5.06. The van der Waals surface area contributed by atoms with Crippen LogP contribution < -0.4 is 9.96 Å². The minimum absolute atomic E-state index is 0.209. The highest BCUT2D eigenvalue weighted by molar-refractivity contribution is 6.24. The van der Waals surface area contributed by atoms with Crippen molar-refractivity contribution in [3.05, 3.63) is 94.5 Å². The first kappa shape index (κ1) is 20.5. The van der Waals surface area contributed by atoms with Gasteiger partial charge < -0.3 is 0 Å². The minimum atomic E-state index is -0.853. The van der Waals surface area contributed by atoms with Gasteiger partial charge >= 0.3 is 0 Å². The summed E-state index contributed by atoms with van der Waals surface area (Å²) in [5.74, 6) is -1.13. The summed E-state index contributed by atoms with van der Waals surface area (Å²) in [5.41, 5.74) is 6.52. The number of amides is 2. The van der Waals surface area contributed by atoms with Crippen LogP contribution in [0.2, 0.25) is 0 Å². The number of hydrogen-bond acceptors (Lipinski definition) is 4. The van der Waals surface area contributed by atoms with Gasteiger partial charge in [0, 0.05) is 0 Å². The van der Waals surface area contributed by atoms with E-state index in [0.29, 0.717) is 5.69 Å². The Morgan fingerprint density at radius 2 is 1.38 bits per heavy atom. The number of hydrogen-bond donors (Lipinski definition) is 0. The van der Waals surface area contributed by atoms with Gasteiger partial charge in [0.1, 0.15) is 5.92 Å². The van der Waals surface area contributed by atoms with Crippen molar-refractivity contribution in [2.24, 2.45) is 5.92 Å². The summed E-state index contributed by atoms with van der Waals surface area (Å²) in [6, 6.07) is 21.4. The number of fused-ring (bicyclic) bond motifs is 1. The lowest BCUT2D eigenvalue weighted by molar-refractivity contribution is -0.126. The van der Waals surface area contributed by atoms with Crippen molar-refractivity contribution in [3.8, 4) is 0 Å². The quantitative estimate of drug-likeness (QED) is 0.555. The Hall–Kier alpha value is -3.44. The molecule has 5 heteroatoms. The topological polar surface area (TPSA) is 49.9 Å². The fraction of sp³-hybridized carbons (Fsp3) is 0.259. The molecular formula is C27H26N2O3. The van der Waals surface area contributed by atoms with Gasteiger partial charge in [-0.15, -0.1) is 0 Å². The van der Waals surface area contributed by atoms with Crippen molar-refractivity contribution >= 4 is 23.2 Å². The Balaban J connectivity index is 1.61. The zero-order valence-electron chi connectivity index (χ0n) is 18.7. The highest BCUT2D eigenvalue weighted by Gasteiger charge is 2.60. The number of hydroxylamine groups is 1. The van der Waals surface area contributed by atoms with E-state index < -0.39 is 18.1 Å². The molecule has 0 radical (unpaired) electrons. The average Bonchev–Trinajstić information content (AvgIpc) is 3.26. The monoisotopic (exact) mass is 426 g/mol. The molecule has 0 saturated carbocycles. The predicted octanol–water partition coefficient (Wildman–Crippen LogP) is 4.97. The molecule has 3 atom stereocenters. The lowest BCUT2D eigenvalue weighted by Gasteiger charge is -2.29. The highest BCUT2D eigenvalue weighted by Crippen LogP contribution is 2.48. The molecule has 5 nitrogen and oxygen atoms in total. The van der Waals surface area contributed by atoms with Crippen molar-refractivity contribution in [2.75, 3.05) is 9.96 Å². The van der Waals surface area contributed by atoms with Crippen LogP contribution in [0.25, 0.3) is 0 Å². The van der Waals surface area contributed by atoms with Crippen molar-refractivity contribution in [1.82, 2.24) is 0 Å². The molecule has 2 heterocycles. The molecule has 0 bridgehead atoms. The Morgan fingerprint density at radius 1 is 0.750 bits per heavy atom. The summed E-state index contributed by atoms with van der Waals surface area (Å²) in [4.78, 5) is 34.9.